The van der Waals surface area contributed by atoms with Crippen LogP contribution in [0.3, 0.4) is 0 Å². The molecule has 5 heteroatoms. The molecule has 2 aromatic rings. The summed E-state index contributed by atoms with van der Waals surface area (Å²) in [5.74, 6) is 0.782. The van der Waals surface area contributed by atoms with Gasteiger partial charge in [0.2, 0.25) is 0 Å². The fourth-order valence-electron chi connectivity index (χ4n) is 3.19. The second-order valence-corrected chi connectivity index (χ2v) is 7.70. The van der Waals surface area contributed by atoms with E-state index in [0.29, 0.717) is 25.4 Å². The van der Waals surface area contributed by atoms with Gasteiger partial charge in [0.25, 0.3) is 5.91 Å². The van der Waals surface area contributed by atoms with Crippen LogP contribution in [0.2, 0.25) is 0 Å². The number of aliphatic hydroxyl groups is 1. The zero-order chi connectivity index (χ0) is 16.9. The summed E-state index contributed by atoms with van der Waals surface area (Å²) in [4.78, 5) is 21.1. The summed E-state index contributed by atoms with van der Waals surface area (Å²) in [6.07, 6.45) is 7.48. The van der Waals surface area contributed by atoms with Crippen LogP contribution in [0.5, 0.6) is 0 Å². The summed E-state index contributed by atoms with van der Waals surface area (Å²) in [6.45, 7) is 3.49. The number of thiophene rings is 1. The monoisotopic (exact) mass is 344 g/mol. The lowest BCUT2D eigenvalue weighted by atomic mass is 9.90. The second kappa shape index (κ2) is 7.90. The molecule has 0 spiro atoms. The number of amides is 1. The number of carbonyl (C=O) groups excluding carboxylic acids is 1. The van der Waals surface area contributed by atoms with Crippen molar-refractivity contribution in [3.8, 4) is 0 Å². The molecule has 0 aliphatic heterocycles. The number of carbonyl (C=O) groups is 1. The fraction of sp³-hybridized carbons (Fsp3) is 0.474. The summed E-state index contributed by atoms with van der Waals surface area (Å²) in [6, 6.07) is 5.96. The Labute approximate surface area is 147 Å². The molecule has 0 saturated carbocycles. The number of hydrogen-bond donors (Lipinski definition) is 1. The molecular weight excluding hydrogens is 320 g/mol. The molecular formula is C19H24N2O2S. The SMILES string of the molecule is C[C@@H]1CCc2sc(C(=O)N(CCCO)Cc3ccncc3)cc2C1. The molecule has 1 N–H and O–H groups in total. The average Bonchev–Trinajstić information content (AvgIpc) is 3.02. The Kier molecular flexibility index (Phi) is 5.63. The molecule has 0 fully saturated rings. The third-order valence-electron chi connectivity index (χ3n) is 4.54. The van der Waals surface area contributed by atoms with Gasteiger partial charge in [-0.2, -0.15) is 0 Å². The molecule has 2 heterocycles. The third kappa shape index (κ3) is 4.02. The zero-order valence-electron chi connectivity index (χ0n) is 14.1. The van der Waals surface area contributed by atoms with Crippen LogP contribution < -0.4 is 0 Å². The van der Waals surface area contributed by atoms with Crippen LogP contribution in [0.1, 0.15) is 45.4 Å². The number of fused-ring (bicyclic) bond motifs is 1. The van der Waals surface area contributed by atoms with Gasteiger partial charge in [0.15, 0.2) is 0 Å². The Morgan fingerprint density at radius 3 is 2.96 bits per heavy atom. The van der Waals surface area contributed by atoms with Crippen molar-refractivity contribution in [2.24, 2.45) is 5.92 Å². The number of nitrogens with zero attached hydrogens (tertiary/aromatic N) is 2. The van der Waals surface area contributed by atoms with Gasteiger partial charge in [0, 0.05) is 37.0 Å². The second-order valence-electron chi connectivity index (χ2n) is 6.57. The molecule has 1 atom stereocenters. The first-order chi connectivity index (χ1) is 11.7. The van der Waals surface area contributed by atoms with Crippen molar-refractivity contribution >= 4 is 17.2 Å². The summed E-state index contributed by atoms with van der Waals surface area (Å²) in [5, 5.41) is 9.15. The number of aryl methyl sites for hydroxylation is 1. The molecule has 3 rings (SSSR count). The first kappa shape index (κ1) is 17.1. The number of aliphatic hydroxyl groups excluding tert-OH is 1. The van der Waals surface area contributed by atoms with E-state index in [9.17, 15) is 4.79 Å². The highest BCUT2D eigenvalue weighted by atomic mass is 32.1. The molecule has 2 aromatic heterocycles. The predicted octanol–water partition coefficient (Wildman–Crippen LogP) is 3.29. The number of pyridine rings is 1. The molecule has 24 heavy (non-hydrogen) atoms. The molecule has 0 radical (unpaired) electrons. The largest absolute Gasteiger partial charge is 0.396 e. The molecule has 1 aliphatic carbocycles. The highest BCUT2D eigenvalue weighted by Crippen LogP contribution is 2.32. The molecule has 128 valence electrons. The van der Waals surface area contributed by atoms with Gasteiger partial charge >= 0.3 is 0 Å². The highest BCUT2D eigenvalue weighted by Gasteiger charge is 2.23. The average molecular weight is 344 g/mol. The van der Waals surface area contributed by atoms with Crippen LogP contribution in [0.25, 0.3) is 0 Å². The Bertz CT molecular complexity index is 684. The minimum atomic E-state index is 0.0762. The van der Waals surface area contributed by atoms with Gasteiger partial charge in [0.05, 0.1) is 4.88 Å². The van der Waals surface area contributed by atoms with E-state index in [1.807, 2.05) is 17.0 Å². The van der Waals surface area contributed by atoms with Gasteiger partial charge in [-0.25, -0.2) is 0 Å². The summed E-state index contributed by atoms with van der Waals surface area (Å²) >= 11 is 1.65. The van der Waals surface area contributed by atoms with Crippen LogP contribution in [-0.4, -0.2) is 34.0 Å². The minimum Gasteiger partial charge on any atom is -0.396 e. The molecule has 0 aromatic carbocycles. The number of rotatable bonds is 6. The van der Waals surface area contributed by atoms with Crippen LogP contribution in [0, 0.1) is 5.92 Å². The molecule has 0 bridgehead atoms. The van der Waals surface area contributed by atoms with E-state index in [1.165, 1.54) is 16.9 Å². The fourth-order valence-corrected chi connectivity index (χ4v) is 4.37. The van der Waals surface area contributed by atoms with E-state index in [-0.39, 0.29) is 12.5 Å². The topological polar surface area (TPSA) is 53.4 Å². The van der Waals surface area contributed by atoms with E-state index in [1.54, 1.807) is 23.7 Å². The van der Waals surface area contributed by atoms with Crippen LogP contribution in [0.15, 0.2) is 30.6 Å². The smallest absolute Gasteiger partial charge is 0.264 e. The lowest BCUT2D eigenvalue weighted by Crippen LogP contribution is -2.31. The van der Waals surface area contributed by atoms with Crippen molar-refractivity contribution in [1.82, 2.24) is 9.88 Å². The summed E-state index contributed by atoms with van der Waals surface area (Å²) < 4.78 is 0. The van der Waals surface area contributed by atoms with Crippen molar-refractivity contribution in [3.63, 3.8) is 0 Å². The lowest BCUT2D eigenvalue weighted by molar-refractivity contribution is 0.0737. The quantitative estimate of drug-likeness (QED) is 0.875. The third-order valence-corrected chi connectivity index (χ3v) is 5.76. The van der Waals surface area contributed by atoms with Crippen LogP contribution >= 0.6 is 11.3 Å². The van der Waals surface area contributed by atoms with Crippen molar-refractivity contribution < 1.29 is 9.90 Å². The predicted molar refractivity (Wildman–Crippen MR) is 96.2 cm³/mol. The number of aromatic nitrogens is 1. The Morgan fingerprint density at radius 2 is 2.21 bits per heavy atom. The normalized spacial score (nSPS) is 16.7. The van der Waals surface area contributed by atoms with E-state index < -0.39 is 0 Å². The van der Waals surface area contributed by atoms with Crippen LogP contribution in [0.4, 0.5) is 0 Å². The van der Waals surface area contributed by atoms with E-state index in [2.05, 4.69) is 18.0 Å². The molecule has 0 unspecified atom stereocenters. The van der Waals surface area contributed by atoms with Gasteiger partial charge in [-0.1, -0.05) is 6.92 Å². The Morgan fingerprint density at radius 1 is 1.42 bits per heavy atom. The maximum absolute atomic E-state index is 13.0. The zero-order valence-corrected chi connectivity index (χ0v) is 14.9. The summed E-state index contributed by atoms with van der Waals surface area (Å²) in [7, 11) is 0. The van der Waals surface area contributed by atoms with Crippen molar-refractivity contribution in [2.45, 2.75) is 39.2 Å². The number of hydrogen-bond acceptors (Lipinski definition) is 4. The first-order valence-electron chi connectivity index (χ1n) is 8.58. The first-order valence-corrected chi connectivity index (χ1v) is 9.39. The van der Waals surface area contributed by atoms with Gasteiger partial charge in [0.1, 0.15) is 0 Å². The molecule has 1 aliphatic rings. The van der Waals surface area contributed by atoms with Crippen LogP contribution in [-0.2, 0) is 19.4 Å². The van der Waals surface area contributed by atoms with Gasteiger partial charge < -0.3 is 10.0 Å². The Balaban J connectivity index is 1.78. The van der Waals surface area contributed by atoms with Gasteiger partial charge in [-0.15, -0.1) is 11.3 Å². The van der Waals surface area contributed by atoms with Gasteiger partial charge in [-0.05, 0) is 60.9 Å². The maximum atomic E-state index is 13.0. The highest BCUT2D eigenvalue weighted by molar-refractivity contribution is 7.14. The maximum Gasteiger partial charge on any atom is 0.264 e. The van der Waals surface area contributed by atoms with E-state index in [4.69, 9.17) is 5.11 Å². The van der Waals surface area contributed by atoms with Crippen molar-refractivity contribution in [1.29, 1.82) is 0 Å². The van der Waals surface area contributed by atoms with Crippen molar-refractivity contribution in [2.75, 3.05) is 13.2 Å². The molecule has 0 saturated heterocycles. The minimum absolute atomic E-state index is 0.0762. The van der Waals surface area contributed by atoms with Crippen molar-refractivity contribution in [3.05, 3.63) is 51.5 Å². The standard InChI is InChI=1S/C19H24N2O2S/c1-14-3-4-17-16(11-14)12-18(24-17)19(23)21(9-2-10-22)13-15-5-7-20-8-6-15/h5-8,12,14,22H,2-4,9-11,13H2,1H3/t14-/m1/s1. The van der Waals surface area contributed by atoms with E-state index in [0.717, 1.165) is 23.3 Å². The van der Waals surface area contributed by atoms with E-state index >= 15 is 0 Å². The summed E-state index contributed by atoms with van der Waals surface area (Å²) in [5.41, 5.74) is 2.42. The molecule has 1 amide bonds. The van der Waals surface area contributed by atoms with Gasteiger partial charge in [-0.3, -0.25) is 9.78 Å². The Hall–Kier alpha value is -1.72. The lowest BCUT2D eigenvalue weighted by Gasteiger charge is -2.22. The molecule has 4 nitrogen and oxygen atoms in total.